The Hall–Kier alpha value is -0.0800. The van der Waals surface area contributed by atoms with Crippen LogP contribution < -0.4 is 5.32 Å². The molecule has 0 aromatic rings. The van der Waals surface area contributed by atoms with Crippen LogP contribution >= 0.6 is 0 Å². The minimum atomic E-state index is 0.762. The van der Waals surface area contributed by atoms with Gasteiger partial charge in [-0.3, -0.25) is 0 Å². The van der Waals surface area contributed by atoms with Gasteiger partial charge < -0.3 is 10.1 Å². The Bertz CT molecular complexity index is 176. The summed E-state index contributed by atoms with van der Waals surface area (Å²) < 4.78 is 5.18. The van der Waals surface area contributed by atoms with Crippen molar-refractivity contribution in [1.29, 1.82) is 0 Å². The Labute approximate surface area is 108 Å². The molecule has 0 heterocycles. The number of methoxy groups -OCH3 is 1. The van der Waals surface area contributed by atoms with Crippen LogP contribution in [0.25, 0.3) is 0 Å². The molecular formula is C15H31NO. The van der Waals surface area contributed by atoms with Crippen molar-refractivity contribution in [1.82, 2.24) is 5.32 Å². The van der Waals surface area contributed by atoms with E-state index in [1.54, 1.807) is 0 Å². The van der Waals surface area contributed by atoms with E-state index in [-0.39, 0.29) is 0 Å². The summed E-state index contributed by atoms with van der Waals surface area (Å²) in [6.07, 6.45) is 8.39. The van der Waals surface area contributed by atoms with E-state index in [9.17, 15) is 0 Å². The van der Waals surface area contributed by atoms with Crippen LogP contribution in [0.15, 0.2) is 0 Å². The molecule has 102 valence electrons. The van der Waals surface area contributed by atoms with Gasteiger partial charge in [0.05, 0.1) is 0 Å². The monoisotopic (exact) mass is 241 g/mol. The number of hydrogen-bond acceptors (Lipinski definition) is 2. The SMILES string of the molecule is COCCCC(CNCC(C)C)C1CCCC1. The zero-order valence-electron chi connectivity index (χ0n) is 12.0. The molecule has 0 amide bonds. The Morgan fingerprint density at radius 2 is 1.88 bits per heavy atom. The highest BCUT2D eigenvalue weighted by molar-refractivity contribution is 4.77. The molecule has 2 nitrogen and oxygen atoms in total. The summed E-state index contributed by atoms with van der Waals surface area (Å²) in [5, 5.41) is 3.65. The summed E-state index contributed by atoms with van der Waals surface area (Å²) in [4.78, 5) is 0. The lowest BCUT2D eigenvalue weighted by atomic mass is 9.87. The van der Waals surface area contributed by atoms with E-state index < -0.39 is 0 Å². The van der Waals surface area contributed by atoms with E-state index in [0.29, 0.717) is 0 Å². The van der Waals surface area contributed by atoms with Gasteiger partial charge in [-0.15, -0.1) is 0 Å². The third-order valence-corrected chi connectivity index (χ3v) is 3.95. The standard InChI is InChI=1S/C15H31NO/c1-13(2)11-16-12-15(9-6-10-17-3)14-7-4-5-8-14/h13-16H,4-12H2,1-3H3. The third kappa shape index (κ3) is 6.42. The minimum Gasteiger partial charge on any atom is -0.385 e. The van der Waals surface area contributed by atoms with Crippen molar-refractivity contribution < 1.29 is 4.74 Å². The molecule has 1 aliphatic rings. The molecule has 2 heteroatoms. The largest absolute Gasteiger partial charge is 0.385 e. The molecule has 0 radical (unpaired) electrons. The van der Waals surface area contributed by atoms with Crippen LogP contribution in [0.2, 0.25) is 0 Å². The second-order valence-corrected chi connectivity index (χ2v) is 5.99. The van der Waals surface area contributed by atoms with Gasteiger partial charge in [0.1, 0.15) is 0 Å². The van der Waals surface area contributed by atoms with E-state index in [4.69, 9.17) is 4.74 Å². The lowest BCUT2D eigenvalue weighted by Gasteiger charge is -2.24. The zero-order valence-corrected chi connectivity index (χ0v) is 12.0. The molecule has 0 aliphatic heterocycles. The fourth-order valence-electron chi connectivity index (χ4n) is 2.98. The predicted molar refractivity (Wildman–Crippen MR) is 74.3 cm³/mol. The number of nitrogens with one attached hydrogen (secondary N) is 1. The maximum atomic E-state index is 5.18. The highest BCUT2D eigenvalue weighted by atomic mass is 16.5. The van der Waals surface area contributed by atoms with Gasteiger partial charge in [-0.2, -0.15) is 0 Å². The Morgan fingerprint density at radius 3 is 2.47 bits per heavy atom. The summed E-state index contributed by atoms with van der Waals surface area (Å²) in [5.74, 6) is 2.62. The van der Waals surface area contributed by atoms with Gasteiger partial charge in [-0.25, -0.2) is 0 Å². The molecule has 1 atom stereocenters. The van der Waals surface area contributed by atoms with Gasteiger partial charge in [-0.05, 0) is 43.7 Å². The van der Waals surface area contributed by atoms with Crippen LogP contribution in [-0.2, 0) is 4.74 Å². The minimum absolute atomic E-state index is 0.762. The predicted octanol–water partition coefficient (Wildman–Crippen LogP) is 3.47. The van der Waals surface area contributed by atoms with Crippen molar-refractivity contribution in [2.45, 2.75) is 52.4 Å². The van der Waals surface area contributed by atoms with Gasteiger partial charge >= 0.3 is 0 Å². The van der Waals surface area contributed by atoms with Gasteiger partial charge in [0, 0.05) is 13.7 Å². The van der Waals surface area contributed by atoms with Crippen LogP contribution in [0.4, 0.5) is 0 Å². The second kappa shape index (κ2) is 8.93. The second-order valence-electron chi connectivity index (χ2n) is 5.99. The summed E-state index contributed by atoms with van der Waals surface area (Å²) in [7, 11) is 1.81. The molecule has 0 saturated heterocycles. The van der Waals surface area contributed by atoms with Crippen LogP contribution in [0.3, 0.4) is 0 Å². The molecular weight excluding hydrogens is 210 g/mol. The first-order valence-corrected chi connectivity index (χ1v) is 7.43. The van der Waals surface area contributed by atoms with Crippen molar-refractivity contribution in [3.8, 4) is 0 Å². The molecule has 1 saturated carbocycles. The average Bonchev–Trinajstić information content (AvgIpc) is 2.80. The number of hydrogen-bond donors (Lipinski definition) is 1. The first kappa shape index (κ1) is 15.0. The summed E-state index contributed by atoms with van der Waals surface area (Å²) in [6, 6.07) is 0. The van der Waals surface area contributed by atoms with Crippen LogP contribution in [-0.4, -0.2) is 26.8 Å². The first-order valence-electron chi connectivity index (χ1n) is 7.43. The van der Waals surface area contributed by atoms with Gasteiger partial charge in [-0.1, -0.05) is 39.5 Å². The summed E-state index contributed by atoms with van der Waals surface area (Å²) >= 11 is 0. The van der Waals surface area contributed by atoms with E-state index in [0.717, 1.165) is 30.9 Å². The molecule has 0 aromatic carbocycles. The van der Waals surface area contributed by atoms with Crippen LogP contribution in [0, 0.1) is 17.8 Å². The quantitative estimate of drug-likeness (QED) is 0.624. The Kier molecular flexibility index (Phi) is 7.87. The molecule has 1 aliphatic carbocycles. The lowest BCUT2D eigenvalue weighted by molar-refractivity contribution is 0.178. The third-order valence-electron chi connectivity index (χ3n) is 3.95. The van der Waals surface area contributed by atoms with E-state index in [1.165, 1.54) is 45.1 Å². The van der Waals surface area contributed by atoms with Gasteiger partial charge in [0.25, 0.3) is 0 Å². The maximum Gasteiger partial charge on any atom is 0.0462 e. The summed E-state index contributed by atoms with van der Waals surface area (Å²) in [5.41, 5.74) is 0. The normalized spacial score (nSPS) is 19.1. The number of rotatable bonds is 9. The lowest BCUT2D eigenvalue weighted by Crippen LogP contribution is -2.30. The average molecular weight is 241 g/mol. The van der Waals surface area contributed by atoms with Crippen LogP contribution in [0.5, 0.6) is 0 Å². The van der Waals surface area contributed by atoms with E-state index in [2.05, 4.69) is 19.2 Å². The topological polar surface area (TPSA) is 21.3 Å². The van der Waals surface area contributed by atoms with Gasteiger partial charge in [0.15, 0.2) is 0 Å². The van der Waals surface area contributed by atoms with Gasteiger partial charge in [0.2, 0.25) is 0 Å². The first-order chi connectivity index (χ1) is 8.24. The van der Waals surface area contributed by atoms with E-state index in [1.807, 2.05) is 7.11 Å². The maximum absolute atomic E-state index is 5.18. The molecule has 17 heavy (non-hydrogen) atoms. The van der Waals surface area contributed by atoms with Crippen molar-refractivity contribution in [3.05, 3.63) is 0 Å². The number of ether oxygens (including phenoxy) is 1. The molecule has 1 N–H and O–H groups in total. The van der Waals surface area contributed by atoms with Crippen molar-refractivity contribution in [2.24, 2.45) is 17.8 Å². The molecule has 1 rings (SSSR count). The Balaban J connectivity index is 2.24. The van der Waals surface area contributed by atoms with Crippen molar-refractivity contribution in [2.75, 3.05) is 26.8 Å². The van der Waals surface area contributed by atoms with Crippen molar-refractivity contribution >= 4 is 0 Å². The molecule has 0 bridgehead atoms. The molecule has 1 fully saturated rings. The van der Waals surface area contributed by atoms with Crippen molar-refractivity contribution in [3.63, 3.8) is 0 Å². The smallest absolute Gasteiger partial charge is 0.0462 e. The molecule has 0 aromatic heterocycles. The molecule has 0 spiro atoms. The Morgan fingerprint density at radius 1 is 1.18 bits per heavy atom. The fourth-order valence-corrected chi connectivity index (χ4v) is 2.98. The zero-order chi connectivity index (χ0) is 12.5. The molecule has 1 unspecified atom stereocenters. The fraction of sp³-hybridized carbons (Fsp3) is 1.00. The highest BCUT2D eigenvalue weighted by Gasteiger charge is 2.24. The highest BCUT2D eigenvalue weighted by Crippen LogP contribution is 2.33. The van der Waals surface area contributed by atoms with E-state index >= 15 is 0 Å². The summed E-state index contributed by atoms with van der Waals surface area (Å²) in [6.45, 7) is 7.86. The van der Waals surface area contributed by atoms with Crippen LogP contribution in [0.1, 0.15) is 52.4 Å².